The number of hydrogen-bond donors (Lipinski definition) is 0. The fourth-order valence-corrected chi connectivity index (χ4v) is 0.674. The van der Waals surface area contributed by atoms with Crippen LogP contribution < -0.4 is 0 Å². The maximum Gasteiger partial charge on any atom is 0.145 e. The van der Waals surface area contributed by atoms with Gasteiger partial charge in [-0.1, -0.05) is 6.08 Å². The summed E-state index contributed by atoms with van der Waals surface area (Å²) in [4.78, 5) is 10.00. The van der Waals surface area contributed by atoms with E-state index in [-0.39, 0.29) is 0 Å². The van der Waals surface area contributed by atoms with Gasteiger partial charge in [0.2, 0.25) is 0 Å². The van der Waals surface area contributed by atoms with Crippen LogP contribution in [0.3, 0.4) is 0 Å². The molecule has 1 aliphatic carbocycles. The summed E-state index contributed by atoms with van der Waals surface area (Å²) >= 11 is 0. The quantitative estimate of drug-likeness (QED) is 0.389. The molecule has 1 nitrogen and oxygen atoms in total. The molecule has 1 rings (SSSR count). The first-order valence-corrected chi connectivity index (χ1v) is 2.96. The fraction of sp³-hybridized carbons (Fsp3) is 0.571. The SMILES string of the molecule is CC(C=O)=CC1CC1. The van der Waals surface area contributed by atoms with Crippen LogP contribution in [0.2, 0.25) is 0 Å². The monoisotopic (exact) mass is 110 g/mol. The first-order chi connectivity index (χ1) is 3.83. The van der Waals surface area contributed by atoms with Gasteiger partial charge in [0, 0.05) is 0 Å². The van der Waals surface area contributed by atoms with Crippen molar-refractivity contribution in [2.24, 2.45) is 5.92 Å². The Morgan fingerprint density at radius 3 is 2.62 bits per heavy atom. The Morgan fingerprint density at radius 2 is 2.25 bits per heavy atom. The summed E-state index contributed by atoms with van der Waals surface area (Å²) in [6.07, 6.45) is 5.53. The average Bonchev–Trinajstić information content (AvgIpc) is 2.50. The van der Waals surface area contributed by atoms with Gasteiger partial charge >= 0.3 is 0 Å². The van der Waals surface area contributed by atoms with Gasteiger partial charge in [-0.05, 0) is 31.3 Å². The van der Waals surface area contributed by atoms with Crippen LogP contribution >= 0.6 is 0 Å². The molecule has 0 aromatic carbocycles. The molecule has 0 bridgehead atoms. The summed E-state index contributed by atoms with van der Waals surface area (Å²) in [5.41, 5.74) is 0.882. The van der Waals surface area contributed by atoms with Gasteiger partial charge in [0.1, 0.15) is 6.29 Å². The molecular weight excluding hydrogens is 100 g/mol. The Morgan fingerprint density at radius 1 is 1.62 bits per heavy atom. The van der Waals surface area contributed by atoms with Gasteiger partial charge in [-0.25, -0.2) is 0 Å². The number of rotatable bonds is 2. The van der Waals surface area contributed by atoms with Crippen LogP contribution in [0.25, 0.3) is 0 Å². The van der Waals surface area contributed by atoms with Gasteiger partial charge in [-0.15, -0.1) is 0 Å². The van der Waals surface area contributed by atoms with Gasteiger partial charge in [-0.2, -0.15) is 0 Å². The minimum absolute atomic E-state index is 0.736. The highest BCUT2D eigenvalue weighted by Crippen LogP contribution is 2.30. The third kappa shape index (κ3) is 1.49. The summed E-state index contributed by atoms with van der Waals surface area (Å²) in [5, 5.41) is 0. The van der Waals surface area contributed by atoms with E-state index in [1.54, 1.807) is 0 Å². The van der Waals surface area contributed by atoms with Crippen LogP contribution in [0.4, 0.5) is 0 Å². The average molecular weight is 110 g/mol. The van der Waals surface area contributed by atoms with Gasteiger partial charge in [0.05, 0.1) is 0 Å². The van der Waals surface area contributed by atoms with E-state index in [1.165, 1.54) is 12.8 Å². The van der Waals surface area contributed by atoms with E-state index >= 15 is 0 Å². The molecule has 8 heavy (non-hydrogen) atoms. The number of carbonyl (C=O) groups excluding carboxylic acids is 1. The molecule has 0 amide bonds. The molecule has 0 aromatic rings. The van der Waals surface area contributed by atoms with E-state index in [0.29, 0.717) is 0 Å². The molecule has 1 heteroatoms. The van der Waals surface area contributed by atoms with Crippen LogP contribution in [-0.2, 0) is 4.79 Å². The molecule has 1 saturated carbocycles. The van der Waals surface area contributed by atoms with Crippen molar-refractivity contribution in [3.05, 3.63) is 11.6 Å². The zero-order chi connectivity index (χ0) is 5.98. The van der Waals surface area contributed by atoms with Crippen molar-refractivity contribution in [1.29, 1.82) is 0 Å². The molecular formula is C7H10O. The smallest absolute Gasteiger partial charge is 0.145 e. The molecule has 0 spiro atoms. The second-order valence-electron chi connectivity index (χ2n) is 2.37. The lowest BCUT2D eigenvalue weighted by Gasteiger charge is -1.81. The minimum atomic E-state index is 0.736. The third-order valence-electron chi connectivity index (χ3n) is 1.31. The lowest BCUT2D eigenvalue weighted by Crippen LogP contribution is -1.75. The maximum absolute atomic E-state index is 10.00. The first kappa shape index (κ1) is 5.54. The molecule has 0 N–H and O–H groups in total. The zero-order valence-electron chi connectivity index (χ0n) is 5.05. The van der Waals surface area contributed by atoms with Crippen LogP contribution in [0.5, 0.6) is 0 Å². The predicted octanol–water partition coefficient (Wildman–Crippen LogP) is 1.54. The van der Waals surface area contributed by atoms with Gasteiger partial charge < -0.3 is 0 Å². The normalized spacial score (nSPS) is 20.9. The van der Waals surface area contributed by atoms with E-state index in [2.05, 4.69) is 0 Å². The van der Waals surface area contributed by atoms with Crippen molar-refractivity contribution in [3.63, 3.8) is 0 Å². The zero-order valence-corrected chi connectivity index (χ0v) is 5.05. The van der Waals surface area contributed by atoms with E-state index in [1.807, 2.05) is 13.0 Å². The van der Waals surface area contributed by atoms with Gasteiger partial charge in [0.15, 0.2) is 0 Å². The molecule has 1 aliphatic rings. The van der Waals surface area contributed by atoms with Crippen molar-refractivity contribution < 1.29 is 4.79 Å². The molecule has 0 atom stereocenters. The summed E-state index contributed by atoms with van der Waals surface area (Å²) in [5.74, 6) is 0.736. The molecule has 0 heterocycles. The summed E-state index contributed by atoms with van der Waals surface area (Å²) < 4.78 is 0. The molecule has 0 aromatic heterocycles. The highest BCUT2D eigenvalue weighted by molar-refractivity contribution is 5.72. The highest BCUT2D eigenvalue weighted by atomic mass is 16.1. The van der Waals surface area contributed by atoms with Crippen LogP contribution in [0.1, 0.15) is 19.8 Å². The number of allylic oxidation sites excluding steroid dienone is 2. The minimum Gasteiger partial charge on any atom is -0.298 e. The van der Waals surface area contributed by atoms with Crippen molar-refractivity contribution in [3.8, 4) is 0 Å². The first-order valence-electron chi connectivity index (χ1n) is 2.96. The van der Waals surface area contributed by atoms with Crippen molar-refractivity contribution >= 4 is 6.29 Å². The molecule has 1 fully saturated rings. The van der Waals surface area contributed by atoms with Gasteiger partial charge in [0.25, 0.3) is 0 Å². The second kappa shape index (κ2) is 2.12. The summed E-state index contributed by atoms with van der Waals surface area (Å²) in [6, 6.07) is 0. The third-order valence-corrected chi connectivity index (χ3v) is 1.31. The van der Waals surface area contributed by atoms with Gasteiger partial charge in [-0.3, -0.25) is 4.79 Å². The number of aldehydes is 1. The number of carbonyl (C=O) groups is 1. The second-order valence-corrected chi connectivity index (χ2v) is 2.37. The lowest BCUT2D eigenvalue weighted by atomic mass is 10.2. The molecule has 0 radical (unpaired) electrons. The van der Waals surface area contributed by atoms with Crippen molar-refractivity contribution in [2.45, 2.75) is 19.8 Å². The van der Waals surface area contributed by atoms with Crippen molar-refractivity contribution in [1.82, 2.24) is 0 Å². The Balaban J connectivity index is 2.38. The Bertz CT molecular complexity index is 120. The van der Waals surface area contributed by atoms with Crippen LogP contribution in [-0.4, -0.2) is 6.29 Å². The molecule has 0 aliphatic heterocycles. The predicted molar refractivity (Wildman–Crippen MR) is 32.5 cm³/mol. The topological polar surface area (TPSA) is 17.1 Å². The molecule has 44 valence electrons. The standard InChI is InChI=1S/C7H10O/c1-6(5-8)4-7-2-3-7/h4-5,7H,2-3H2,1H3. The van der Waals surface area contributed by atoms with E-state index in [9.17, 15) is 4.79 Å². The van der Waals surface area contributed by atoms with Crippen LogP contribution in [0.15, 0.2) is 11.6 Å². The van der Waals surface area contributed by atoms with E-state index < -0.39 is 0 Å². The van der Waals surface area contributed by atoms with E-state index in [4.69, 9.17) is 0 Å². The molecule has 0 saturated heterocycles. The molecule has 0 unspecified atom stereocenters. The Labute approximate surface area is 49.4 Å². The largest absolute Gasteiger partial charge is 0.298 e. The van der Waals surface area contributed by atoms with Crippen LogP contribution in [0, 0.1) is 5.92 Å². The lowest BCUT2D eigenvalue weighted by molar-refractivity contribution is -0.104. The summed E-state index contributed by atoms with van der Waals surface area (Å²) in [6.45, 7) is 1.85. The van der Waals surface area contributed by atoms with E-state index in [0.717, 1.165) is 17.8 Å². The Hall–Kier alpha value is -0.590. The van der Waals surface area contributed by atoms with Crippen molar-refractivity contribution in [2.75, 3.05) is 0 Å². The fourth-order valence-electron chi connectivity index (χ4n) is 0.674. The summed E-state index contributed by atoms with van der Waals surface area (Å²) in [7, 11) is 0. The maximum atomic E-state index is 10.00. The highest BCUT2D eigenvalue weighted by Gasteiger charge is 2.17. The number of hydrogen-bond acceptors (Lipinski definition) is 1. The Kier molecular flexibility index (Phi) is 1.47.